The van der Waals surface area contributed by atoms with E-state index in [-0.39, 0.29) is 28.6 Å². The van der Waals surface area contributed by atoms with Gasteiger partial charge in [-0.1, -0.05) is 35.9 Å². The van der Waals surface area contributed by atoms with Crippen molar-refractivity contribution >= 4 is 33.3 Å². The van der Waals surface area contributed by atoms with Crippen LogP contribution in [0.4, 0.5) is 5.69 Å². The number of carboxylic acids is 1. The van der Waals surface area contributed by atoms with Gasteiger partial charge in [0.1, 0.15) is 18.1 Å². The Morgan fingerprint density at radius 1 is 1.06 bits per heavy atom. The molecule has 0 aliphatic carbocycles. The Hall–Kier alpha value is -3.31. The molecule has 3 rings (SSSR count). The lowest BCUT2D eigenvalue weighted by Gasteiger charge is -2.15. The predicted molar refractivity (Wildman–Crippen MR) is 134 cm³/mol. The minimum atomic E-state index is -3.57. The summed E-state index contributed by atoms with van der Waals surface area (Å²) in [6, 6.07) is 16.2. The molecule has 5 N–H and O–H groups in total. The van der Waals surface area contributed by atoms with Crippen molar-refractivity contribution in [2.24, 2.45) is 0 Å². The zero-order valence-corrected chi connectivity index (χ0v) is 20.3. The quantitative estimate of drug-likeness (QED) is 0.191. The van der Waals surface area contributed by atoms with Gasteiger partial charge in [0.05, 0.1) is 28.6 Å². The number of phenolic OH excluding ortho intramolecular Hbond substituents is 1. The maximum absolute atomic E-state index is 11.4. The average Bonchev–Trinajstić information content (AvgIpc) is 2.79. The summed E-state index contributed by atoms with van der Waals surface area (Å²) < 4.78 is 30.7. The average molecular weight is 521 g/mol. The number of sulfonamides is 1. The van der Waals surface area contributed by atoms with Crippen molar-refractivity contribution in [3.8, 4) is 22.6 Å². The number of carboxylic acid groups (broad SMARTS) is 1. The van der Waals surface area contributed by atoms with Crippen molar-refractivity contribution in [1.82, 2.24) is 5.32 Å². The summed E-state index contributed by atoms with van der Waals surface area (Å²) >= 11 is 6.04. The van der Waals surface area contributed by atoms with E-state index >= 15 is 0 Å². The molecule has 11 heteroatoms. The van der Waals surface area contributed by atoms with Crippen molar-refractivity contribution < 1.29 is 33.3 Å². The Kier molecular flexibility index (Phi) is 8.57. The summed E-state index contributed by atoms with van der Waals surface area (Å²) in [6.45, 7) is 0.970. The molecule has 0 amide bonds. The Morgan fingerprint density at radius 3 is 2.37 bits per heavy atom. The van der Waals surface area contributed by atoms with E-state index < -0.39 is 22.1 Å². The molecule has 0 bridgehead atoms. The molecule has 35 heavy (non-hydrogen) atoms. The van der Waals surface area contributed by atoms with E-state index in [4.69, 9.17) is 21.4 Å². The van der Waals surface area contributed by atoms with Crippen molar-refractivity contribution in [2.75, 3.05) is 30.7 Å². The molecule has 9 nitrogen and oxygen atoms in total. The molecule has 1 atom stereocenters. The van der Waals surface area contributed by atoms with Crippen LogP contribution in [0.25, 0.3) is 11.1 Å². The Bertz CT molecular complexity index is 1300. The first kappa shape index (κ1) is 26.3. The first-order valence-corrected chi connectivity index (χ1v) is 12.8. The minimum absolute atomic E-state index is 0.00377. The van der Waals surface area contributed by atoms with Gasteiger partial charge in [-0.05, 0) is 53.1 Å². The zero-order chi connectivity index (χ0) is 25.6. The van der Waals surface area contributed by atoms with E-state index in [2.05, 4.69) is 10.0 Å². The van der Waals surface area contributed by atoms with Crippen LogP contribution in [0.5, 0.6) is 11.5 Å². The Balaban J connectivity index is 1.47. The van der Waals surface area contributed by atoms with Crippen LogP contribution in [0.3, 0.4) is 0 Å². The van der Waals surface area contributed by atoms with Crippen molar-refractivity contribution in [3.63, 3.8) is 0 Å². The fourth-order valence-electron chi connectivity index (χ4n) is 3.25. The normalized spacial score (nSPS) is 12.2. The largest absolute Gasteiger partial charge is 0.506 e. The van der Waals surface area contributed by atoms with E-state index in [1.54, 1.807) is 24.3 Å². The Morgan fingerprint density at radius 2 is 1.74 bits per heavy atom. The fraction of sp³-hybridized carbons (Fsp3) is 0.208. The van der Waals surface area contributed by atoms with Crippen LogP contribution in [0, 0.1) is 0 Å². The molecule has 0 aliphatic heterocycles. The summed E-state index contributed by atoms with van der Waals surface area (Å²) in [5, 5.41) is 32.4. The minimum Gasteiger partial charge on any atom is -0.506 e. The van der Waals surface area contributed by atoms with Gasteiger partial charge in [-0.2, -0.15) is 0 Å². The third-order valence-corrected chi connectivity index (χ3v) is 5.88. The van der Waals surface area contributed by atoms with Crippen molar-refractivity contribution in [1.29, 1.82) is 0 Å². The molecule has 186 valence electrons. The number of rotatable bonds is 11. The molecule has 0 unspecified atom stereocenters. The van der Waals surface area contributed by atoms with Crippen molar-refractivity contribution in [2.45, 2.75) is 6.10 Å². The number of hydrogen-bond donors (Lipinski definition) is 5. The van der Waals surface area contributed by atoms with Gasteiger partial charge in [-0.3, -0.25) is 4.72 Å². The number of ether oxygens (including phenoxy) is 1. The molecule has 0 heterocycles. The number of benzene rings is 3. The van der Waals surface area contributed by atoms with E-state index in [1.165, 1.54) is 24.3 Å². The Labute approximate surface area is 208 Å². The van der Waals surface area contributed by atoms with Gasteiger partial charge in [0.25, 0.3) is 0 Å². The van der Waals surface area contributed by atoms with Crippen LogP contribution in [-0.2, 0) is 10.0 Å². The molecule has 0 fully saturated rings. The highest BCUT2D eigenvalue weighted by molar-refractivity contribution is 7.92. The van der Waals surface area contributed by atoms with Crippen LogP contribution in [0.15, 0.2) is 60.7 Å². The highest BCUT2D eigenvalue weighted by atomic mass is 35.5. The number of carbonyl (C=O) groups is 1. The zero-order valence-electron chi connectivity index (χ0n) is 18.7. The number of aromatic hydroxyl groups is 1. The predicted octanol–water partition coefficient (Wildman–Crippen LogP) is 3.48. The number of nitrogens with one attached hydrogen (secondary N) is 2. The molecule has 3 aromatic carbocycles. The van der Waals surface area contributed by atoms with Gasteiger partial charge in [-0.25, -0.2) is 13.2 Å². The molecular weight excluding hydrogens is 496 g/mol. The van der Waals surface area contributed by atoms with Crippen LogP contribution < -0.4 is 14.8 Å². The number of phenols is 1. The molecule has 0 saturated heterocycles. The first-order valence-electron chi connectivity index (χ1n) is 10.5. The molecule has 3 aromatic rings. The van der Waals surface area contributed by atoms with Gasteiger partial charge in [-0.15, -0.1) is 0 Å². The molecule has 0 spiro atoms. The summed E-state index contributed by atoms with van der Waals surface area (Å²) in [7, 11) is -3.57. The van der Waals surface area contributed by atoms with E-state index in [0.29, 0.717) is 24.5 Å². The lowest BCUT2D eigenvalue weighted by atomic mass is 10.0. The number of anilines is 1. The monoisotopic (exact) mass is 520 g/mol. The summed E-state index contributed by atoms with van der Waals surface area (Å²) in [5.74, 6) is -0.679. The lowest BCUT2D eigenvalue weighted by molar-refractivity contribution is 0.0697. The van der Waals surface area contributed by atoms with E-state index in [0.717, 1.165) is 17.4 Å². The molecular formula is C24H25ClN2O7S. The van der Waals surface area contributed by atoms with Gasteiger partial charge in [0.15, 0.2) is 0 Å². The molecule has 0 aromatic heterocycles. The number of aliphatic hydroxyl groups excluding tert-OH is 1. The van der Waals surface area contributed by atoms with Crippen LogP contribution in [0.1, 0.15) is 22.0 Å². The van der Waals surface area contributed by atoms with E-state index in [1.807, 2.05) is 12.1 Å². The number of halogens is 1. The van der Waals surface area contributed by atoms with E-state index in [9.17, 15) is 23.4 Å². The van der Waals surface area contributed by atoms with Crippen LogP contribution in [0.2, 0.25) is 5.02 Å². The lowest BCUT2D eigenvalue weighted by Crippen LogP contribution is -2.26. The summed E-state index contributed by atoms with van der Waals surface area (Å²) in [6.07, 6.45) is 0.0491. The van der Waals surface area contributed by atoms with Crippen LogP contribution >= 0.6 is 11.6 Å². The van der Waals surface area contributed by atoms with Gasteiger partial charge >= 0.3 is 5.97 Å². The third kappa shape index (κ3) is 7.59. The van der Waals surface area contributed by atoms with Crippen LogP contribution in [-0.4, -0.2) is 55.7 Å². The molecule has 0 aliphatic rings. The second-order valence-corrected chi connectivity index (χ2v) is 9.90. The fourth-order valence-corrected chi connectivity index (χ4v) is 4.08. The molecule has 0 radical (unpaired) electrons. The maximum atomic E-state index is 11.4. The van der Waals surface area contributed by atoms with Gasteiger partial charge in [0.2, 0.25) is 10.0 Å². The maximum Gasteiger partial charge on any atom is 0.337 e. The van der Waals surface area contributed by atoms with Gasteiger partial charge in [0, 0.05) is 13.1 Å². The molecule has 0 saturated carbocycles. The van der Waals surface area contributed by atoms with Gasteiger partial charge < -0.3 is 25.4 Å². The highest BCUT2D eigenvalue weighted by Crippen LogP contribution is 2.28. The standard InChI is InChI=1S/C24H25ClN2O7S/c1-35(32,33)27-21-13-17(5-9-22(21)28)23(29)14-26-10-11-34-18-6-2-15(3-7-18)16-4-8-19(24(30)31)20(25)12-16/h2-9,12-13,23,26-29H,10-11,14H2,1H3,(H,30,31)/t23-/m0/s1. The summed E-state index contributed by atoms with van der Waals surface area (Å²) in [5.41, 5.74) is 2.12. The topological polar surface area (TPSA) is 145 Å². The SMILES string of the molecule is CS(=O)(=O)Nc1cc([C@@H](O)CNCCOc2ccc(-c3ccc(C(=O)O)c(Cl)c3)cc2)ccc1O. The second kappa shape index (κ2) is 11.4. The highest BCUT2D eigenvalue weighted by Gasteiger charge is 2.13. The number of aliphatic hydroxyl groups is 1. The smallest absolute Gasteiger partial charge is 0.337 e. The summed E-state index contributed by atoms with van der Waals surface area (Å²) in [4.78, 5) is 11.1. The van der Waals surface area contributed by atoms with Crippen molar-refractivity contribution in [3.05, 3.63) is 76.8 Å². The number of aromatic carboxylic acids is 1. The number of hydrogen-bond acceptors (Lipinski definition) is 7. The second-order valence-electron chi connectivity index (χ2n) is 7.74. The first-order chi connectivity index (χ1) is 16.5. The third-order valence-electron chi connectivity index (χ3n) is 4.97.